The van der Waals surface area contributed by atoms with Gasteiger partial charge in [-0.25, -0.2) is 0 Å². The molecule has 0 fully saturated rings. The zero-order chi connectivity index (χ0) is 15.6. The molecule has 2 rings (SSSR count). The number of nitrogens with two attached hydrogens (primary N) is 1. The minimum absolute atomic E-state index is 0.0613. The zero-order valence-corrected chi connectivity index (χ0v) is 13.5. The van der Waals surface area contributed by atoms with Gasteiger partial charge in [0.1, 0.15) is 5.75 Å². The first-order valence-corrected chi connectivity index (χ1v) is 7.56. The molecule has 4 nitrogen and oxygen atoms in total. The number of aryl methyl sites for hydroxylation is 1. The number of amides is 1. The second-order valence-electron chi connectivity index (χ2n) is 6.82. The summed E-state index contributed by atoms with van der Waals surface area (Å²) < 4.78 is 5.26. The van der Waals surface area contributed by atoms with Gasteiger partial charge in [-0.15, -0.1) is 0 Å². The molecule has 1 aromatic carbocycles. The number of carbonyl (C=O) groups excluding carboxylic acids is 1. The summed E-state index contributed by atoms with van der Waals surface area (Å²) >= 11 is 0. The third-order valence-corrected chi connectivity index (χ3v) is 4.21. The van der Waals surface area contributed by atoms with Crippen molar-refractivity contribution >= 4 is 11.6 Å². The first-order valence-electron chi connectivity index (χ1n) is 7.56. The molecule has 0 radical (unpaired) electrons. The van der Waals surface area contributed by atoms with Gasteiger partial charge in [-0.05, 0) is 42.0 Å². The molecule has 0 saturated heterocycles. The molecule has 1 atom stereocenters. The number of anilines is 1. The van der Waals surface area contributed by atoms with Gasteiger partial charge in [0.15, 0.2) is 0 Å². The van der Waals surface area contributed by atoms with Gasteiger partial charge >= 0.3 is 0 Å². The van der Waals surface area contributed by atoms with Gasteiger partial charge in [0.25, 0.3) is 0 Å². The summed E-state index contributed by atoms with van der Waals surface area (Å²) in [5, 5.41) is 0. The Kier molecular flexibility index (Phi) is 4.57. The smallest absolute Gasteiger partial charge is 0.228 e. The summed E-state index contributed by atoms with van der Waals surface area (Å²) in [5.74, 6) is 0.956. The van der Waals surface area contributed by atoms with E-state index in [2.05, 4.69) is 20.8 Å². The van der Waals surface area contributed by atoms with Crippen molar-refractivity contribution in [3.05, 3.63) is 23.8 Å². The molecular formula is C17H26N2O2. The summed E-state index contributed by atoms with van der Waals surface area (Å²) in [6.07, 6.45) is 2.35. The molecule has 1 unspecified atom stereocenters. The number of rotatable bonds is 3. The predicted molar refractivity (Wildman–Crippen MR) is 85.7 cm³/mol. The molecule has 21 heavy (non-hydrogen) atoms. The van der Waals surface area contributed by atoms with Crippen molar-refractivity contribution < 1.29 is 9.53 Å². The van der Waals surface area contributed by atoms with Crippen LogP contribution in [0.25, 0.3) is 0 Å². The number of benzene rings is 1. The number of nitrogens with zero attached hydrogens (tertiary/aromatic N) is 1. The van der Waals surface area contributed by atoms with E-state index in [1.165, 1.54) is 5.56 Å². The van der Waals surface area contributed by atoms with Crippen molar-refractivity contribution in [1.29, 1.82) is 0 Å². The molecule has 0 aromatic heterocycles. The minimum Gasteiger partial charge on any atom is -0.497 e. The van der Waals surface area contributed by atoms with Gasteiger partial charge in [0.2, 0.25) is 5.91 Å². The number of hydrogen-bond acceptors (Lipinski definition) is 3. The van der Waals surface area contributed by atoms with E-state index in [0.29, 0.717) is 6.42 Å². The number of hydrogen-bond donors (Lipinski definition) is 1. The monoisotopic (exact) mass is 290 g/mol. The number of fused-ring (bicyclic) bond motifs is 1. The normalized spacial score (nSPS) is 16.3. The lowest BCUT2D eigenvalue weighted by molar-refractivity contribution is -0.119. The van der Waals surface area contributed by atoms with Gasteiger partial charge < -0.3 is 15.4 Å². The molecule has 1 aromatic rings. The highest BCUT2D eigenvalue weighted by Gasteiger charge is 2.28. The Hall–Kier alpha value is -1.55. The van der Waals surface area contributed by atoms with Gasteiger partial charge in [-0.1, -0.05) is 20.8 Å². The number of methoxy groups -OCH3 is 1. The molecule has 0 saturated carbocycles. The maximum atomic E-state index is 12.6. The van der Waals surface area contributed by atoms with Gasteiger partial charge in [-0.2, -0.15) is 0 Å². The Labute approximate surface area is 127 Å². The van der Waals surface area contributed by atoms with Crippen LogP contribution in [0.2, 0.25) is 0 Å². The number of carbonyl (C=O) groups is 1. The van der Waals surface area contributed by atoms with Crippen LogP contribution in [0.5, 0.6) is 5.75 Å². The quantitative estimate of drug-likeness (QED) is 0.931. The molecule has 1 heterocycles. The van der Waals surface area contributed by atoms with Crippen LogP contribution in [0.4, 0.5) is 5.69 Å². The molecular weight excluding hydrogens is 264 g/mol. The van der Waals surface area contributed by atoms with Crippen LogP contribution in [-0.2, 0) is 11.2 Å². The molecule has 0 aliphatic carbocycles. The zero-order valence-electron chi connectivity index (χ0n) is 13.5. The van der Waals surface area contributed by atoms with E-state index in [9.17, 15) is 4.79 Å². The SMILES string of the molecule is COc1ccc2c(c1)CCCN2C(=O)CC(N)C(C)(C)C. The van der Waals surface area contributed by atoms with Crippen LogP contribution in [0.3, 0.4) is 0 Å². The highest BCUT2D eigenvalue weighted by Crippen LogP contribution is 2.31. The van der Waals surface area contributed by atoms with E-state index in [0.717, 1.165) is 30.8 Å². The fourth-order valence-corrected chi connectivity index (χ4v) is 2.56. The van der Waals surface area contributed by atoms with Crippen LogP contribution in [0, 0.1) is 5.41 Å². The van der Waals surface area contributed by atoms with Gasteiger partial charge in [0, 0.05) is 24.7 Å². The largest absolute Gasteiger partial charge is 0.497 e. The molecule has 1 aliphatic heterocycles. The van der Waals surface area contributed by atoms with Crippen molar-refractivity contribution in [2.75, 3.05) is 18.6 Å². The van der Waals surface area contributed by atoms with Crippen molar-refractivity contribution in [3.63, 3.8) is 0 Å². The van der Waals surface area contributed by atoms with Crippen LogP contribution in [0.1, 0.15) is 39.2 Å². The topological polar surface area (TPSA) is 55.6 Å². The van der Waals surface area contributed by atoms with Crippen molar-refractivity contribution in [2.45, 2.75) is 46.1 Å². The highest BCUT2D eigenvalue weighted by atomic mass is 16.5. The highest BCUT2D eigenvalue weighted by molar-refractivity contribution is 5.95. The standard InChI is InChI=1S/C17H26N2O2/c1-17(2,3)15(18)11-16(20)19-9-5-6-12-10-13(21-4)7-8-14(12)19/h7-8,10,15H,5-6,9,11,18H2,1-4H3. The first kappa shape index (κ1) is 15.8. The third-order valence-electron chi connectivity index (χ3n) is 4.21. The third kappa shape index (κ3) is 3.56. The summed E-state index contributed by atoms with van der Waals surface area (Å²) in [7, 11) is 1.66. The maximum Gasteiger partial charge on any atom is 0.228 e. The van der Waals surface area contributed by atoms with Gasteiger partial charge in [0.05, 0.1) is 7.11 Å². The molecule has 1 amide bonds. The Morgan fingerprint density at radius 2 is 2.14 bits per heavy atom. The molecule has 4 heteroatoms. The predicted octanol–water partition coefficient (Wildman–Crippen LogP) is 2.74. The van der Waals surface area contributed by atoms with Crippen molar-refractivity contribution in [1.82, 2.24) is 0 Å². The Bertz CT molecular complexity index is 520. The van der Waals surface area contributed by atoms with Crippen molar-refractivity contribution in [3.8, 4) is 5.75 Å². The Morgan fingerprint density at radius 3 is 2.76 bits per heavy atom. The molecule has 116 valence electrons. The molecule has 1 aliphatic rings. The molecule has 2 N–H and O–H groups in total. The van der Waals surface area contributed by atoms with Gasteiger partial charge in [-0.3, -0.25) is 4.79 Å². The van der Waals surface area contributed by atoms with Crippen LogP contribution in [-0.4, -0.2) is 25.6 Å². The second-order valence-corrected chi connectivity index (χ2v) is 6.82. The second kappa shape index (κ2) is 6.06. The van der Waals surface area contributed by atoms with E-state index >= 15 is 0 Å². The summed E-state index contributed by atoms with van der Waals surface area (Å²) in [5.41, 5.74) is 8.28. The Morgan fingerprint density at radius 1 is 1.43 bits per heavy atom. The lowest BCUT2D eigenvalue weighted by atomic mass is 9.85. The average molecular weight is 290 g/mol. The Balaban J connectivity index is 2.18. The number of ether oxygens (including phenoxy) is 1. The molecule has 0 bridgehead atoms. The van der Waals surface area contributed by atoms with E-state index in [1.807, 2.05) is 23.1 Å². The average Bonchev–Trinajstić information content (AvgIpc) is 2.44. The van der Waals surface area contributed by atoms with Crippen LogP contribution >= 0.6 is 0 Å². The van der Waals surface area contributed by atoms with Crippen LogP contribution < -0.4 is 15.4 Å². The first-order chi connectivity index (χ1) is 9.82. The molecule has 0 spiro atoms. The van der Waals surface area contributed by atoms with E-state index in [1.54, 1.807) is 7.11 Å². The van der Waals surface area contributed by atoms with Crippen molar-refractivity contribution in [2.24, 2.45) is 11.1 Å². The van der Waals surface area contributed by atoms with Crippen LogP contribution in [0.15, 0.2) is 18.2 Å². The minimum atomic E-state index is -0.131. The van der Waals surface area contributed by atoms with E-state index in [-0.39, 0.29) is 17.4 Å². The maximum absolute atomic E-state index is 12.6. The fraction of sp³-hybridized carbons (Fsp3) is 0.588. The van der Waals surface area contributed by atoms with E-state index in [4.69, 9.17) is 10.5 Å². The summed E-state index contributed by atoms with van der Waals surface area (Å²) in [6.45, 7) is 6.98. The summed E-state index contributed by atoms with van der Waals surface area (Å²) in [4.78, 5) is 14.5. The lowest BCUT2D eigenvalue weighted by Crippen LogP contribution is -2.43. The lowest BCUT2D eigenvalue weighted by Gasteiger charge is -2.33. The fourth-order valence-electron chi connectivity index (χ4n) is 2.56. The summed E-state index contributed by atoms with van der Waals surface area (Å²) in [6, 6.07) is 5.79. The van der Waals surface area contributed by atoms with E-state index < -0.39 is 0 Å².